The van der Waals surface area contributed by atoms with Crippen LogP contribution in [0.4, 0.5) is 0 Å². The Morgan fingerprint density at radius 1 is 1.00 bits per heavy atom. The van der Waals surface area contributed by atoms with Crippen molar-refractivity contribution in [2.75, 3.05) is 0 Å². The molecule has 0 aromatic heterocycles. The van der Waals surface area contributed by atoms with Crippen LogP contribution < -0.4 is 0 Å². The van der Waals surface area contributed by atoms with Crippen LogP contribution in [0.5, 0.6) is 0 Å². The van der Waals surface area contributed by atoms with E-state index in [9.17, 15) is 0 Å². The van der Waals surface area contributed by atoms with Gasteiger partial charge in [-0.3, -0.25) is 0 Å². The third-order valence-corrected chi connectivity index (χ3v) is 2.94. The van der Waals surface area contributed by atoms with E-state index < -0.39 is 0 Å². The molecule has 0 nitrogen and oxygen atoms in total. The van der Waals surface area contributed by atoms with Crippen LogP contribution in [0.2, 0.25) is 0 Å². The third kappa shape index (κ3) is 2.01. The van der Waals surface area contributed by atoms with Crippen LogP contribution in [-0.4, -0.2) is 0 Å². The Hall–Kier alpha value is -1.56. The van der Waals surface area contributed by atoms with Gasteiger partial charge in [0.1, 0.15) is 0 Å². The van der Waals surface area contributed by atoms with Gasteiger partial charge in [0.15, 0.2) is 0 Å². The lowest BCUT2D eigenvalue weighted by atomic mass is 9.85. The van der Waals surface area contributed by atoms with E-state index >= 15 is 0 Å². The van der Waals surface area contributed by atoms with Crippen molar-refractivity contribution in [2.24, 2.45) is 5.41 Å². The van der Waals surface area contributed by atoms with Gasteiger partial charge in [-0.25, -0.2) is 0 Å². The Balaban J connectivity index is 2.53. The summed E-state index contributed by atoms with van der Waals surface area (Å²) in [4.78, 5) is 0. The van der Waals surface area contributed by atoms with E-state index in [0.29, 0.717) is 0 Å². The Labute approximate surface area is 98.0 Å². The number of benzene rings is 1. The van der Waals surface area contributed by atoms with Crippen molar-refractivity contribution in [2.45, 2.75) is 20.8 Å². The molecule has 0 fully saturated rings. The van der Waals surface area contributed by atoms with Crippen LogP contribution in [0.25, 0.3) is 11.6 Å². The second kappa shape index (κ2) is 3.79. The van der Waals surface area contributed by atoms with Crippen LogP contribution in [0.3, 0.4) is 0 Å². The largest absolute Gasteiger partial charge is 0.0911 e. The molecule has 16 heavy (non-hydrogen) atoms. The summed E-state index contributed by atoms with van der Waals surface area (Å²) >= 11 is 0. The fraction of sp³-hybridized carbons (Fsp3) is 0.250. The summed E-state index contributed by atoms with van der Waals surface area (Å²) in [7, 11) is 0. The Kier molecular flexibility index (Phi) is 2.59. The fourth-order valence-corrected chi connectivity index (χ4v) is 1.89. The minimum atomic E-state index is 0.168. The van der Waals surface area contributed by atoms with Crippen molar-refractivity contribution < 1.29 is 0 Å². The number of allylic oxidation sites excluding steroid dienone is 4. The monoisotopic (exact) mass is 210 g/mol. The summed E-state index contributed by atoms with van der Waals surface area (Å²) < 4.78 is 0. The molecule has 0 heterocycles. The predicted molar refractivity (Wildman–Crippen MR) is 72.0 cm³/mol. The molecule has 1 aliphatic rings. The minimum absolute atomic E-state index is 0.168. The average molecular weight is 210 g/mol. The molecule has 1 aromatic carbocycles. The molecule has 0 heteroatoms. The molecule has 82 valence electrons. The standard InChI is InChI=1S/C16H18/c1-12-11-14(16(2,3)4)10-9-13-7-5-6-8-15(12)13/h5-11H,1H2,2-4H3. The Bertz CT molecular complexity index is 479. The highest BCUT2D eigenvalue weighted by molar-refractivity contribution is 5.82. The third-order valence-electron chi connectivity index (χ3n) is 2.94. The summed E-state index contributed by atoms with van der Waals surface area (Å²) in [5, 5.41) is 0. The lowest BCUT2D eigenvalue weighted by Gasteiger charge is -2.20. The van der Waals surface area contributed by atoms with Crippen LogP contribution >= 0.6 is 0 Å². The zero-order chi connectivity index (χ0) is 11.8. The molecule has 0 saturated carbocycles. The molecule has 1 aromatic rings. The summed E-state index contributed by atoms with van der Waals surface area (Å²) in [6, 6.07) is 8.40. The van der Waals surface area contributed by atoms with Gasteiger partial charge >= 0.3 is 0 Å². The summed E-state index contributed by atoms with van der Waals surface area (Å²) in [6.07, 6.45) is 6.59. The van der Waals surface area contributed by atoms with Gasteiger partial charge in [-0.2, -0.15) is 0 Å². The van der Waals surface area contributed by atoms with Gasteiger partial charge in [0.25, 0.3) is 0 Å². The average Bonchev–Trinajstić information content (AvgIpc) is 2.38. The predicted octanol–water partition coefficient (Wildman–Crippen LogP) is 4.70. The van der Waals surface area contributed by atoms with Crippen LogP contribution in [0, 0.1) is 5.41 Å². The first kappa shape index (κ1) is 10.9. The molecule has 0 atom stereocenters. The van der Waals surface area contributed by atoms with E-state index in [2.05, 4.69) is 69.8 Å². The molecular weight excluding hydrogens is 192 g/mol. The van der Waals surface area contributed by atoms with Crippen LogP contribution in [0.15, 0.2) is 48.6 Å². The summed E-state index contributed by atoms with van der Waals surface area (Å²) in [6.45, 7) is 10.8. The molecule has 0 unspecified atom stereocenters. The molecule has 2 rings (SSSR count). The van der Waals surface area contributed by atoms with Gasteiger partial charge in [-0.05, 0) is 27.7 Å². The topological polar surface area (TPSA) is 0 Å². The molecule has 0 aliphatic heterocycles. The van der Waals surface area contributed by atoms with E-state index in [4.69, 9.17) is 0 Å². The number of hydrogen-bond donors (Lipinski definition) is 0. The maximum absolute atomic E-state index is 4.16. The van der Waals surface area contributed by atoms with Crippen molar-refractivity contribution in [1.82, 2.24) is 0 Å². The zero-order valence-electron chi connectivity index (χ0n) is 10.2. The molecule has 0 N–H and O–H groups in total. The molecule has 0 radical (unpaired) electrons. The molecule has 1 aliphatic carbocycles. The first-order chi connectivity index (χ1) is 7.48. The zero-order valence-corrected chi connectivity index (χ0v) is 10.2. The fourth-order valence-electron chi connectivity index (χ4n) is 1.89. The molecule has 0 amide bonds. The minimum Gasteiger partial charge on any atom is -0.0911 e. The smallest absolute Gasteiger partial charge is 0.0117 e. The Morgan fingerprint density at radius 2 is 1.69 bits per heavy atom. The van der Waals surface area contributed by atoms with Gasteiger partial charge < -0.3 is 0 Å². The maximum atomic E-state index is 4.16. The highest BCUT2D eigenvalue weighted by atomic mass is 14.2. The van der Waals surface area contributed by atoms with E-state index in [1.807, 2.05) is 0 Å². The lowest BCUT2D eigenvalue weighted by molar-refractivity contribution is 0.518. The highest BCUT2D eigenvalue weighted by Crippen LogP contribution is 2.33. The first-order valence-electron chi connectivity index (χ1n) is 5.67. The van der Waals surface area contributed by atoms with Crippen LogP contribution in [-0.2, 0) is 0 Å². The SMILES string of the molecule is C=C1C=C(C(C)(C)C)C=Cc2ccccc21. The van der Waals surface area contributed by atoms with Crippen molar-refractivity contribution in [3.05, 3.63) is 59.7 Å². The van der Waals surface area contributed by atoms with Gasteiger partial charge in [0, 0.05) is 0 Å². The summed E-state index contributed by atoms with van der Waals surface area (Å²) in [5.41, 5.74) is 5.09. The second-order valence-electron chi connectivity index (χ2n) is 5.30. The lowest BCUT2D eigenvalue weighted by Crippen LogP contribution is -2.07. The number of hydrogen-bond acceptors (Lipinski definition) is 0. The maximum Gasteiger partial charge on any atom is -0.0117 e. The van der Waals surface area contributed by atoms with Gasteiger partial charge in [0.2, 0.25) is 0 Å². The molecule has 0 spiro atoms. The van der Waals surface area contributed by atoms with Gasteiger partial charge in [-0.1, -0.05) is 69.8 Å². The van der Waals surface area contributed by atoms with Crippen molar-refractivity contribution in [3.63, 3.8) is 0 Å². The molecule has 0 bridgehead atoms. The quantitative estimate of drug-likeness (QED) is 0.582. The van der Waals surface area contributed by atoms with Crippen molar-refractivity contribution in [3.8, 4) is 0 Å². The highest BCUT2D eigenvalue weighted by Gasteiger charge is 2.17. The normalized spacial score (nSPS) is 15.4. The van der Waals surface area contributed by atoms with E-state index in [1.165, 1.54) is 16.7 Å². The van der Waals surface area contributed by atoms with E-state index in [-0.39, 0.29) is 5.41 Å². The number of rotatable bonds is 0. The summed E-state index contributed by atoms with van der Waals surface area (Å²) in [5.74, 6) is 0. The van der Waals surface area contributed by atoms with Gasteiger partial charge in [0.05, 0.1) is 0 Å². The van der Waals surface area contributed by atoms with Gasteiger partial charge in [-0.15, -0.1) is 0 Å². The molecular formula is C16H18. The first-order valence-corrected chi connectivity index (χ1v) is 5.67. The van der Waals surface area contributed by atoms with Crippen LogP contribution in [0.1, 0.15) is 31.9 Å². The second-order valence-corrected chi connectivity index (χ2v) is 5.30. The van der Waals surface area contributed by atoms with Crippen molar-refractivity contribution >= 4 is 11.6 Å². The molecule has 0 saturated heterocycles. The number of fused-ring (bicyclic) bond motifs is 1. The van der Waals surface area contributed by atoms with Crippen molar-refractivity contribution in [1.29, 1.82) is 0 Å². The Morgan fingerprint density at radius 3 is 2.38 bits per heavy atom. The van der Waals surface area contributed by atoms with E-state index in [0.717, 1.165) is 5.57 Å². The van der Waals surface area contributed by atoms with E-state index in [1.54, 1.807) is 0 Å².